The first-order valence-electron chi connectivity index (χ1n) is 6.43. The summed E-state index contributed by atoms with van der Waals surface area (Å²) in [5.74, 6) is -0.0426. The second-order valence-electron chi connectivity index (χ2n) is 5.90. The fourth-order valence-electron chi connectivity index (χ4n) is 1.90. The monoisotopic (exact) mass is 261 g/mol. The van der Waals surface area contributed by atoms with E-state index < -0.39 is 17.2 Å². The maximum absolute atomic E-state index is 12.4. The van der Waals surface area contributed by atoms with Crippen molar-refractivity contribution < 1.29 is 14.3 Å². The van der Waals surface area contributed by atoms with Gasteiger partial charge >= 0.3 is 6.09 Å². The second-order valence-corrected chi connectivity index (χ2v) is 5.90. The maximum Gasteiger partial charge on any atom is 0.408 e. The van der Waals surface area contributed by atoms with Gasteiger partial charge in [-0.3, -0.25) is 4.79 Å². The van der Waals surface area contributed by atoms with Crippen molar-refractivity contribution in [1.29, 1.82) is 0 Å². The molecule has 1 aromatic carbocycles. The number of amides is 1. The summed E-state index contributed by atoms with van der Waals surface area (Å²) in [5, 5.41) is 2.71. The van der Waals surface area contributed by atoms with Crippen molar-refractivity contribution in [2.24, 2.45) is 0 Å². The van der Waals surface area contributed by atoms with Gasteiger partial charge in [0.15, 0.2) is 5.78 Å². The van der Waals surface area contributed by atoms with Crippen LogP contribution >= 0.6 is 0 Å². The highest BCUT2D eigenvalue weighted by molar-refractivity contribution is 6.06. The highest BCUT2D eigenvalue weighted by atomic mass is 16.6. The number of ether oxygens (including phenoxy) is 1. The van der Waals surface area contributed by atoms with Crippen LogP contribution in [0.1, 0.15) is 44.0 Å². The summed E-state index contributed by atoms with van der Waals surface area (Å²) in [7, 11) is 0. The zero-order valence-corrected chi connectivity index (χ0v) is 11.5. The topological polar surface area (TPSA) is 55.4 Å². The van der Waals surface area contributed by atoms with E-state index in [9.17, 15) is 9.59 Å². The number of rotatable bonds is 3. The van der Waals surface area contributed by atoms with Gasteiger partial charge in [0.1, 0.15) is 11.1 Å². The largest absolute Gasteiger partial charge is 0.444 e. The molecule has 0 aliphatic heterocycles. The zero-order valence-electron chi connectivity index (χ0n) is 11.5. The first-order chi connectivity index (χ1) is 8.82. The van der Waals surface area contributed by atoms with Crippen molar-refractivity contribution in [3.05, 3.63) is 35.9 Å². The highest BCUT2D eigenvalue weighted by Crippen LogP contribution is 2.38. The summed E-state index contributed by atoms with van der Waals surface area (Å²) in [5.41, 5.74) is -0.698. The smallest absolute Gasteiger partial charge is 0.408 e. The van der Waals surface area contributed by atoms with Crippen molar-refractivity contribution in [3.8, 4) is 0 Å². The van der Waals surface area contributed by atoms with E-state index >= 15 is 0 Å². The number of carbonyl (C=O) groups excluding carboxylic acids is 2. The molecule has 0 saturated heterocycles. The van der Waals surface area contributed by atoms with Gasteiger partial charge in [0.05, 0.1) is 0 Å². The van der Waals surface area contributed by atoms with E-state index in [4.69, 9.17) is 4.74 Å². The molecule has 1 aliphatic carbocycles. The Morgan fingerprint density at radius 1 is 1.16 bits per heavy atom. The van der Waals surface area contributed by atoms with Crippen LogP contribution in [0.15, 0.2) is 30.3 Å². The van der Waals surface area contributed by atoms with E-state index in [1.807, 2.05) is 18.2 Å². The first-order valence-corrected chi connectivity index (χ1v) is 6.43. The molecular weight excluding hydrogens is 242 g/mol. The SMILES string of the molecule is CC(C)(C)OC(=O)NC1(C(=O)c2ccccc2)CC1. The van der Waals surface area contributed by atoms with Crippen LogP contribution in [-0.2, 0) is 4.74 Å². The van der Waals surface area contributed by atoms with E-state index in [1.54, 1.807) is 32.9 Å². The fraction of sp³-hybridized carbons (Fsp3) is 0.467. The number of Topliss-reactive ketones (excluding diaryl/α,β-unsaturated/α-hetero) is 1. The molecule has 0 heterocycles. The minimum absolute atomic E-state index is 0.0426. The van der Waals surface area contributed by atoms with Gasteiger partial charge in [-0.1, -0.05) is 30.3 Å². The van der Waals surface area contributed by atoms with Crippen LogP contribution in [0.4, 0.5) is 4.79 Å². The summed E-state index contributed by atoms with van der Waals surface area (Å²) in [4.78, 5) is 24.1. The van der Waals surface area contributed by atoms with Crippen molar-refractivity contribution in [3.63, 3.8) is 0 Å². The van der Waals surface area contributed by atoms with E-state index in [-0.39, 0.29) is 5.78 Å². The summed E-state index contributed by atoms with van der Waals surface area (Å²) in [6.07, 6.45) is 0.800. The Morgan fingerprint density at radius 2 is 1.74 bits per heavy atom. The van der Waals surface area contributed by atoms with Crippen molar-refractivity contribution in [1.82, 2.24) is 5.32 Å². The lowest BCUT2D eigenvalue weighted by molar-refractivity contribution is 0.0482. The van der Waals surface area contributed by atoms with Crippen LogP contribution in [0.3, 0.4) is 0 Å². The fourth-order valence-corrected chi connectivity index (χ4v) is 1.90. The normalized spacial score (nSPS) is 16.6. The molecule has 1 fully saturated rings. The molecule has 19 heavy (non-hydrogen) atoms. The molecule has 4 heteroatoms. The summed E-state index contributed by atoms with van der Waals surface area (Å²) < 4.78 is 5.20. The van der Waals surface area contributed by atoms with Gasteiger partial charge < -0.3 is 10.1 Å². The minimum atomic E-state index is -0.760. The van der Waals surface area contributed by atoms with Crippen molar-refractivity contribution >= 4 is 11.9 Å². The second kappa shape index (κ2) is 4.68. The van der Waals surface area contributed by atoms with Gasteiger partial charge in [0.2, 0.25) is 0 Å². The van der Waals surface area contributed by atoms with Gasteiger partial charge in [-0.15, -0.1) is 0 Å². The third-order valence-corrected chi connectivity index (χ3v) is 2.96. The highest BCUT2D eigenvalue weighted by Gasteiger charge is 2.51. The quantitative estimate of drug-likeness (QED) is 0.851. The summed E-state index contributed by atoms with van der Waals surface area (Å²) >= 11 is 0. The van der Waals surface area contributed by atoms with E-state index in [0.717, 1.165) is 0 Å². The third-order valence-electron chi connectivity index (χ3n) is 2.96. The lowest BCUT2D eigenvalue weighted by Gasteiger charge is -2.22. The maximum atomic E-state index is 12.4. The molecule has 0 unspecified atom stereocenters. The van der Waals surface area contributed by atoms with Crippen LogP contribution in [0.25, 0.3) is 0 Å². The van der Waals surface area contributed by atoms with Gasteiger partial charge in [-0.2, -0.15) is 0 Å². The molecule has 1 aliphatic rings. The molecule has 0 aromatic heterocycles. The molecule has 4 nitrogen and oxygen atoms in total. The predicted octanol–water partition coefficient (Wildman–Crippen LogP) is 2.93. The number of nitrogens with one attached hydrogen (secondary N) is 1. The molecule has 1 amide bonds. The average Bonchev–Trinajstić information content (AvgIpc) is 3.07. The Bertz CT molecular complexity index is 484. The molecule has 1 aromatic rings. The number of benzene rings is 1. The number of ketones is 1. The van der Waals surface area contributed by atoms with Crippen LogP contribution in [0, 0.1) is 0 Å². The minimum Gasteiger partial charge on any atom is -0.444 e. The average molecular weight is 261 g/mol. The standard InChI is InChI=1S/C15H19NO3/c1-14(2,3)19-13(18)16-15(9-10-15)12(17)11-7-5-4-6-8-11/h4-8H,9-10H2,1-3H3,(H,16,18). The number of carbonyl (C=O) groups is 2. The van der Waals surface area contributed by atoms with Gasteiger partial charge in [0, 0.05) is 5.56 Å². The Morgan fingerprint density at radius 3 is 2.21 bits per heavy atom. The van der Waals surface area contributed by atoms with Gasteiger partial charge in [0.25, 0.3) is 0 Å². The number of hydrogen-bond acceptors (Lipinski definition) is 3. The molecule has 0 bridgehead atoms. The Balaban J connectivity index is 2.04. The molecular formula is C15H19NO3. The molecule has 2 rings (SSSR count). The van der Waals surface area contributed by atoms with E-state index in [1.165, 1.54) is 0 Å². The first kappa shape index (κ1) is 13.6. The summed E-state index contributed by atoms with van der Waals surface area (Å²) in [6, 6.07) is 9.02. The van der Waals surface area contributed by atoms with Crippen LogP contribution in [0.5, 0.6) is 0 Å². The lowest BCUT2D eigenvalue weighted by Crippen LogP contribution is -2.45. The van der Waals surface area contributed by atoms with Gasteiger partial charge in [-0.05, 0) is 33.6 Å². The Kier molecular flexibility index (Phi) is 3.35. The molecule has 102 valence electrons. The van der Waals surface area contributed by atoms with Crippen molar-refractivity contribution in [2.45, 2.75) is 44.8 Å². The summed E-state index contributed by atoms with van der Waals surface area (Å²) in [6.45, 7) is 5.39. The molecule has 0 spiro atoms. The zero-order chi connectivity index (χ0) is 14.1. The molecule has 1 saturated carbocycles. The van der Waals surface area contributed by atoms with Crippen LogP contribution in [-0.4, -0.2) is 23.0 Å². The van der Waals surface area contributed by atoms with Crippen LogP contribution < -0.4 is 5.32 Å². The Labute approximate surface area is 113 Å². The van der Waals surface area contributed by atoms with E-state index in [0.29, 0.717) is 18.4 Å². The Hall–Kier alpha value is -1.84. The van der Waals surface area contributed by atoms with Crippen molar-refractivity contribution in [2.75, 3.05) is 0 Å². The van der Waals surface area contributed by atoms with E-state index in [2.05, 4.69) is 5.32 Å². The molecule has 0 radical (unpaired) electrons. The van der Waals surface area contributed by atoms with Gasteiger partial charge in [-0.25, -0.2) is 4.79 Å². The number of hydrogen-bond donors (Lipinski definition) is 1. The molecule has 0 atom stereocenters. The predicted molar refractivity (Wildman–Crippen MR) is 72.1 cm³/mol. The van der Waals surface area contributed by atoms with Crippen LogP contribution in [0.2, 0.25) is 0 Å². The molecule has 1 N–H and O–H groups in total. The number of alkyl carbamates (subject to hydrolysis) is 1. The third kappa shape index (κ3) is 3.34. The lowest BCUT2D eigenvalue weighted by atomic mass is 10.0.